The van der Waals surface area contributed by atoms with Gasteiger partial charge in [0, 0.05) is 13.2 Å². The molecule has 0 spiro atoms. The maximum absolute atomic E-state index is 11.7. The Morgan fingerprint density at radius 3 is 2.75 bits per heavy atom. The van der Waals surface area contributed by atoms with Crippen LogP contribution in [0.1, 0.15) is 42.1 Å². The number of benzene rings is 1. The zero-order chi connectivity index (χ0) is 14.8. The molecular weight excluding hydrogens is 254 g/mol. The van der Waals surface area contributed by atoms with E-state index in [0.29, 0.717) is 18.0 Å². The van der Waals surface area contributed by atoms with Gasteiger partial charge in [-0.25, -0.2) is 4.79 Å². The number of aliphatic hydroxyl groups is 1. The SMILES string of the molecule is CCCC(CCO)CNCc1ccccc1C(=O)OC. The van der Waals surface area contributed by atoms with Gasteiger partial charge in [0.15, 0.2) is 0 Å². The number of ether oxygens (including phenoxy) is 1. The first-order valence-electron chi connectivity index (χ1n) is 7.20. The maximum atomic E-state index is 11.7. The summed E-state index contributed by atoms with van der Waals surface area (Å²) in [4.78, 5) is 11.7. The molecule has 1 atom stereocenters. The van der Waals surface area contributed by atoms with Crippen molar-refractivity contribution >= 4 is 5.97 Å². The molecule has 0 aliphatic carbocycles. The van der Waals surface area contributed by atoms with Crippen LogP contribution in [-0.4, -0.2) is 31.3 Å². The Bertz CT molecular complexity index is 400. The smallest absolute Gasteiger partial charge is 0.338 e. The second-order valence-corrected chi connectivity index (χ2v) is 4.95. The van der Waals surface area contributed by atoms with Gasteiger partial charge in [-0.15, -0.1) is 0 Å². The Morgan fingerprint density at radius 2 is 2.10 bits per heavy atom. The molecule has 0 aromatic heterocycles. The van der Waals surface area contributed by atoms with Crippen molar-refractivity contribution < 1.29 is 14.6 Å². The van der Waals surface area contributed by atoms with Crippen LogP contribution < -0.4 is 5.32 Å². The van der Waals surface area contributed by atoms with E-state index in [1.54, 1.807) is 6.07 Å². The first kappa shape index (κ1) is 16.7. The maximum Gasteiger partial charge on any atom is 0.338 e. The van der Waals surface area contributed by atoms with E-state index in [-0.39, 0.29) is 12.6 Å². The Morgan fingerprint density at radius 1 is 1.35 bits per heavy atom. The highest BCUT2D eigenvalue weighted by atomic mass is 16.5. The largest absolute Gasteiger partial charge is 0.465 e. The van der Waals surface area contributed by atoms with E-state index in [1.807, 2.05) is 18.2 Å². The van der Waals surface area contributed by atoms with Crippen LogP contribution in [0.15, 0.2) is 24.3 Å². The van der Waals surface area contributed by atoms with Gasteiger partial charge in [0.1, 0.15) is 0 Å². The Kier molecular flexibility index (Phi) is 7.92. The fraction of sp³-hybridized carbons (Fsp3) is 0.562. The lowest BCUT2D eigenvalue weighted by atomic mass is 10.00. The molecular formula is C16H25NO3. The summed E-state index contributed by atoms with van der Waals surface area (Å²) in [6, 6.07) is 7.46. The number of methoxy groups -OCH3 is 1. The second-order valence-electron chi connectivity index (χ2n) is 4.95. The van der Waals surface area contributed by atoms with Crippen LogP contribution in [-0.2, 0) is 11.3 Å². The Labute approximate surface area is 121 Å². The molecule has 0 aliphatic heterocycles. The predicted octanol–water partition coefficient (Wildman–Crippen LogP) is 2.36. The van der Waals surface area contributed by atoms with Crippen LogP contribution in [0.2, 0.25) is 0 Å². The molecule has 0 saturated carbocycles. The summed E-state index contributed by atoms with van der Waals surface area (Å²) >= 11 is 0. The van der Waals surface area contributed by atoms with Crippen molar-refractivity contribution in [3.63, 3.8) is 0 Å². The van der Waals surface area contributed by atoms with Gasteiger partial charge in [0.25, 0.3) is 0 Å². The highest BCUT2D eigenvalue weighted by Gasteiger charge is 2.11. The summed E-state index contributed by atoms with van der Waals surface area (Å²) in [6.45, 7) is 3.86. The molecule has 1 aromatic carbocycles. The molecule has 0 saturated heterocycles. The molecule has 1 unspecified atom stereocenters. The summed E-state index contributed by atoms with van der Waals surface area (Å²) in [5, 5.41) is 12.4. The van der Waals surface area contributed by atoms with Crippen LogP contribution in [0.4, 0.5) is 0 Å². The second kappa shape index (κ2) is 9.50. The molecule has 0 radical (unpaired) electrons. The van der Waals surface area contributed by atoms with Crippen molar-refractivity contribution in [3.8, 4) is 0 Å². The standard InChI is InChI=1S/C16H25NO3/c1-3-6-13(9-10-18)11-17-12-14-7-4-5-8-15(14)16(19)20-2/h4-5,7-8,13,17-18H,3,6,9-12H2,1-2H3. The van der Waals surface area contributed by atoms with Crippen molar-refractivity contribution in [2.75, 3.05) is 20.3 Å². The molecule has 0 bridgehead atoms. The van der Waals surface area contributed by atoms with Crippen LogP contribution in [0.25, 0.3) is 0 Å². The van der Waals surface area contributed by atoms with Crippen LogP contribution in [0, 0.1) is 5.92 Å². The van der Waals surface area contributed by atoms with E-state index in [4.69, 9.17) is 9.84 Å². The number of esters is 1. The van der Waals surface area contributed by atoms with Crippen molar-refractivity contribution in [1.29, 1.82) is 0 Å². The van der Waals surface area contributed by atoms with Crippen molar-refractivity contribution in [3.05, 3.63) is 35.4 Å². The third-order valence-electron chi connectivity index (χ3n) is 3.41. The summed E-state index contributed by atoms with van der Waals surface area (Å²) < 4.78 is 4.78. The van der Waals surface area contributed by atoms with Crippen LogP contribution >= 0.6 is 0 Å². The van der Waals surface area contributed by atoms with Gasteiger partial charge in [-0.2, -0.15) is 0 Å². The summed E-state index contributed by atoms with van der Waals surface area (Å²) in [5.41, 5.74) is 1.55. The van der Waals surface area contributed by atoms with E-state index in [9.17, 15) is 4.79 Å². The lowest BCUT2D eigenvalue weighted by Crippen LogP contribution is -2.24. The van der Waals surface area contributed by atoms with Crippen LogP contribution in [0.3, 0.4) is 0 Å². The van der Waals surface area contributed by atoms with E-state index in [2.05, 4.69) is 12.2 Å². The third kappa shape index (κ3) is 5.31. The highest BCUT2D eigenvalue weighted by molar-refractivity contribution is 5.90. The monoisotopic (exact) mass is 279 g/mol. The van der Waals surface area contributed by atoms with Crippen molar-refractivity contribution in [1.82, 2.24) is 5.32 Å². The molecule has 0 amide bonds. The minimum Gasteiger partial charge on any atom is -0.465 e. The van der Waals surface area contributed by atoms with Gasteiger partial charge >= 0.3 is 5.97 Å². The van der Waals surface area contributed by atoms with Gasteiger partial charge in [-0.3, -0.25) is 0 Å². The molecule has 1 rings (SSSR count). The summed E-state index contributed by atoms with van der Waals surface area (Å²) in [7, 11) is 1.39. The van der Waals surface area contributed by atoms with E-state index < -0.39 is 0 Å². The highest BCUT2D eigenvalue weighted by Crippen LogP contribution is 2.12. The van der Waals surface area contributed by atoms with E-state index >= 15 is 0 Å². The number of carbonyl (C=O) groups is 1. The molecule has 2 N–H and O–H groups in total. The fourth-order valence-corrected chi connectivity index (χ4v) is 2.33. The van der Waals surface area contributed by atoms with E-state index in [1.165, 1.54) is 7.11 Å². The molecule has 0 fully saturated rings. The quantitative estimate of drug-likeness (QED) is 0.681. The molecule has 4 nitrogen and oxygen atoms in total. The fourth-order valence-electron chi connectivity index (χ4n) is 2.33. The third-order valence-corrected chi connectivity index (χ3v) is 3.41. The lowest BCUT2D eigenvalue weighted by Gasteiger charge is -2.16. The normalized spacial score (nSPS) is 12.2. The minimum absolute atomic E-state index is 0.227. The molecule has 20 heavy (non-hydrogen) atoms. The zero-order valence-corrected chi connectivity index (χ0v) is 12.4. The zero-order valence-electron chi connectivity index (χ0n) is 12.4. The number of hydrogen-bond acceptors (Lipinski definition) is 4. The molecule has 1 aromatic rings. The van der Waals surface area contributed by atoms with Gasteiger partial charge in [-0.05, 0) is 36.9 Å². The predicted molar refractivity (Wildman–Crippen MR) is 79.6 cm³/mol. The number of hydrogen-bond donors (Lipinski definition) is 2. The molecule has 112 valence electrons. The molecule has 0 heterocycles. The van der Waals surface area contributed by atoms with Gasteiger partial charge < -0.3 is 15.2 Å². The Balaban J connectivity index is 2.54. The first-order chi connectivity index (χ1) is 9.72. The summed E-state index contributed by atoms with van der Waals surface area (Å²) in [5.74, 6) is 0.179. The van der Waals surface area contributed by atoms with Crippen LogP contribution in [0.5, 0.6) is 0 Å². The average molecular weight is 279 g/mol. The number of rotatable bonds is 9. The number of aliphatic hydroxyl groups excluding tert-OH is 1. The topological polar surface area (TPSA) is 58.6 Å². The van der Waals surface area contributed by atoms with Gasteiger partial charge in [-0.1, -0.05) is 31.5 Å². The molecule has 4 heteroatoms. The Hall–Kier alpha value is -1.39. The van der Waals surface area contributed by atoms with Gasteiger partial charge in [0.2, 0.25) is 0 Å². The minimum atomic E-state index is -0.303. The first-order valence-corrected chi connectivity index (χ1v) is 7.20. The number of nitrogens with one attached hydrogen (secondary N) is 1. The molecule has 0 aliphatic rings. The van der Waals surface area contributed by atoms with Gasteiger partial charge in [0.05, 0.1) is 12.7 Å². The summed E-state index contributed by atoms with van der Waals surface area (Å²) in [6.07, 6.45) is 3.04. The number of carbonyl (C=O) groups excluding carboxylic acids is 1. The van der Waals surface area contributed by atoms with Crippen molar-refractivity contribution in [2.45, 2.75) is 32.7 Å². The lowest BCUT2D eigenvalue weighted by molar-refractivity contribution is 0.0599. The average Bonchev–Trinajstić information content (AvgIpc) is 2.47. The van der Waals surface area contributed by atoms with E-state index in [0.717, 1.165) is 31.4 Å². The van der Waals surface area contributed by atoms with Crippen molar-refractivity contribution in [2.24, 2.45) is 5.92 Å².